The van der Waals surface area contributed by atoms with E-state index in [0.29, 0.717) is 17.1 Å². The second-order valence-electron chi connectivity index (χ2n) is 7.12. The molecule has 7 heteroatoms. The van der Waals surface area contributed by atoms with Gasteiger partial charge in [0.05, 0.1) is 23.2 Å². The molecular weight excluding hydrogens is 404 g/mol. The summed E-state index contributed by atoms with van der Waals surface area (Å²) in [6, 6.07) is 26.0. The van der Waals surface area contributed by atoms with Gasteiger partial charge in [0.2, 0.25) is 0 Å². The summed E-state index contributed by atoms with van der Waals surface area (Å²) in [6.07, 6.45) is 3.51. The Hall–Kier alpha value is -4.65. The molecule has 0 fully saturated rings. The predicted octanol–water partition coefficient (Wildman–Crippen LogP) is 5.43. The molecule has 5 rings (SSSR count). The van der Waals surface area contributed by atoms with Crippen LogP contribution in [0.1, 0.15) is 15.9 Å². The number of anilines is 1. The van der Waals surface area contributed by atoms with Crippen molar-refractivity contribution in [2.24, 2.45) is 5.10 Å². The van der Waals surface area contributed by atoms with E-state index < -0.39 is 5.97 Å². The van der Waals surface area contributed by atoms with Crippen LogP contribution in [0.25, 0.3) is 28.1 Å². The molecule has 0 atom stereocenters. The first-order valence-corrected chi connectivity index (χ1v) is 9.94. The van der Waals surface area contributed by atoms with Gasteiger partial charge in [0.25, 0.3) is 0 Å². The van der Waals surface area contributed by atoms with E-state index in [-0.39, 0.29) is 5.56 Å². The number of rotatable bonds is 6. The fourth-order valence-electron chi connectivity index (χ4n) is 3.38. The molecule has 0 aliphatic heterocycles. The number of carbonyl (C=O) groups is 1. The molecule has 0 radical (unpaired) electrons. The largest absolute Gasteiger partial charge is 0.478 e. The molecule has 5 aromatic rings. The van der Waals surface area contributed by atoms with E-state index in [1.807, 2.05) is 66.9 Å². The third kappa shape index (κ3) is 3.87. The smallest absolute Gasteiger partial charge is 0.335 e. The standard InChI is InChI=1S/C25H18N4O3/c30-25(31)18-8-6-9-20(13-18)27-26-15-19-16-29(21-10-2-1-3-11-21)28-24(19)23-14-17-7-4-5-12-22(17)32-23/h1-16,27H,(H,30,31). The average molecular weight is 422 g/mol. The fraction of sp³-hybridized carbons (Fsp3) is 0. The summed E-state index contributed by atoms with van der Waals surface area (Å²) >= 11 is 0. The van der Waals surface area contributed by atoms with Crippen LogP contribution in [0.3, 0.4) is 0 Å². The monoisotopic (exact) mass is 422 g/mol. The summed E-state index contributed by atoms with van der Waals surface area (Å²) in [7, 11) is 0. The van der Waals surface area contributed by atoms with E-state index in [2.05, 4.69) is 10.5 Å². The summed E-state index contributed by atoms with van der Waals surface area (Å²) < 4.78 is 7.80. The van der Waals surface area contributed by atoms with Gasteiger partial charge in [-0.1, -0.05) is 42.5 Å². The SMILES string of the molecule is O=C(O)c1cccc(NN=Cc2cn(-c3ccccc3)nc2-c2cc3ccccc3o2)c1. The molecule has 0 spiro atoms. The Morgan fingerprint density at radius 2 is 1.81 bits per heavy atom. The van der Waals surface area contributed by atoms with Crippen LogP contribution in [-0.4, -0.2) is 27.1 Å². The lowest BCUT2D eigenvalue weighted by atomic mass is 10.2. The highest BCUT2D eigenvalue weighted by atomic mass is 16.4. The second-order valence-corrected chi connectivity index (χ2v) is 7.12. The van der Waals surface area contributed by atoms with Crippen LogP contribution >= 0.6 is 0 Å². The first-order valence-electron chi connectivity index (χ1n) is 9.94. The molecule has 0 aliphatic carbocycles. The highest BCUT2D eigenvalue weighted by molar-refractivity contribution is 5.91. The van der Waals surface area contributed by atoms with Gasteiger partial charge in [-0.25, -0.2) is 9.48 Å². The van der Waals surface area contributed by atoms with Crippen molar-refractivity contribution in [1.29, 1.82) is 0 Å². The normalized spacial score (nSPS) is 11.2. The van der Waals surface area contributed by atoms with Crippen molar-refractivity contribution in [2.75, 3.05) is 5.43 Å². The van der Waals surface area contributed by atoms with Gasteiger partial charge < -0.3 is 9.52 Å². The number of aromatic carboxylic acids is 1. The van der Waals surface area contributed by atoms with Crippen molar-refractivity contribution in [3.8, 4) is 17.1 Å². The van der Waals surface area contributed by atoms with Crippen molar-refractivity contribution in [1.82, 2.24) is 9.78 Å². The summed E-state index contributed by atoms with van der Waals surface area (Å²) in [4.78, 5) is 11.2. The van der Waals surface area contributed by atoms with E-state index in [1.54, 1.807) is 23.0 Å². The molecule has 2 heterocycles. The Morgan fingerprint density at radius 1 is 1.00 bits per heavy atom. The first-order chi connectivity index (χ1) is 15.7. The van der Waals surface area contributed by atoms with Crippen molar-refractivity contribution in [2.45, 2.75) is 0 Å². The minimum Gasteiger partial charge on any atom is -0.478 e. The van der Waals surface area contributed by atoms with Crippen molar-refractivity contribution in [3.05, 3.63) is 102 Å². The number of benzene rings is 3. The molecule has 2 aromatic heterocycles. The van der Waals surface area contributed by atoms with Crippen LogP contribution in [0.2, 0.25) is 0 Å². The second kappa shape index (κ2) is 8.23. The van der Waals surface area contributed by atoms with Gasteiger partial charge in [-0.2, -0.15) is 10.2 Å². The number of para-hydroxylation sites is 2. The van der Waals surface area contributed by atoms with E-state index >= 15 is 0 Å². The number of aromatic nitrogens is 2. The number of carboxylic acids is 1. The Morgan fingerprint density at radius 3 is 2.62 bits per heavy atom. The fourth-order valence-corrected chi connectivity index (χ4v) is 3.38. The van der Waals surface area contributed by atoms with E-state index in [0.717, 1.165) is 22.2 Å². The van der Waals surface area contributed by atoms with Gasteiger partial charge in [0.1, 0.15) is 11.3 Å². The molecule has 0 saturated carbocycles. The van der Waals surface area contributed by atoms with Gasteiger partial charge in [-0.05, 0) is 42.5 Å². The summed E-state index contributed by atoms with van der Waals surface area (Å²) in [5.41, 5.74) is 6.72. The van der Waals surface area contributed by atoms with E-state index in [9.17, 15) is 4.79 Å². The Balaban J connectivity index is 1.51. The third-order valence-electron chi connectivity index (χ3n) is 4.93. The van der Waals surface area contributed by atoms with Crippen LogP contribution in [0.5, 0.6) is 0 Å². The van der Waals surface area contributed by atoms with Crippen LogP contribution < -0.4 is 5.43 Å². The lowest BCUT2D eigenvalue weighted by molar-refractivity contribution is 0.0697. The molecule has 2 N–H and O–H groups in total. The maximum Gasteiger partial charge on any atom is 0.335 e. The first kappa shape index (κ1) is 19.3. The van der Waals surface area contributed by atoms with Gasteiger partial charge in [-0.3, -0.25) is 5.43 Å². The van der Waals surface area contributed by atoms with Gasteiger partial charge in [0.15, 0.2) is 5.76 Å². The molecule has 0 aliphatic rings. The quantitative estimate of drug-likeness (QED) is 0.281. The number of hydrogen-bond acceptors (Lipinski definition) is 5. The van der Waals surface area contributed by atoms with Crippen molar-refractivity contribution < 1.29 is 14.3 Å². The molecule has 0 amide bonds. The lowest BCUT2D eigenvalue weighted by Crippen LogP contribution is -1.97. The maximum absolute atomic E-state index is 11.2. The zero-order valence-electron chi connectivity index (χ0n) is 16.8. The Kier molecular flexibility index (Phi) is 4.97. The van der Waals surface area contributed by atoms with Crippen LogP contribution in [-0.2, 0) is 0 Å². The molecule has 32 heavy (non-hydrogen) atoms. The number of carboxylic acid groups (broad SMARTS) is 1. The summed E-state index contributed by atoms with van der Waals surface area (Å²) in [6.45, 7) is 0. The summed E-state index contributed by atoms with van der Waals surface area (Å²) in [5, 5.41) is 19.2. The minimum atomic E-state index is -0.992. The van der Waals surface area contributed by atoms with Crippen LogP contribution in [0.4, 0.5) is 5.69 Å². The zero-order valence-corrected chi connectivity index (χ0v) is 16.8. The number of nitrogens with one attached hydrogen (secondary N) is 1. The Bertz CT molecular complexity index is 1400. The lowest BCUT2D eigenvalue weighted by Gasteiger charge is -2.01. The van der Waals surface area contributed by atoms with Crippen LogP contribution in [0.15, 0.2) is 101 Å². The van der Waals surface area contributed by atoms with E-state index in [4.69, 9.17) is 14.6 Å². The maximum atomic E-state index is 11.2. The molecule has 3 aromatic carbocycles. The van der Waals surface area contributed by atoms with Crippen molar-refractivity contribution in [3.63, 3.8) is 0 Å². The predicted molar refractivity (Wildman–Crippen MR) is 123 cm³/mol. The minimum absolute atomic E-state index is 0.185. The van der Waals surface area contributed by atoms with Gasteiger partial charge >= 0.3 is 5.97 Å². The van der Waals surface area contributed by atoms with Gasteiger partial charge in [0, 0.05) is 17.1 Å². The molecule has 0 unspecified atom stereocenters. The highest BCUT2D eigenvalue weighted by Gasteiger charge is 2.15. The molecular formula is C25H18N4O3. The number of nitrogens with zero attached hydrogens (tertiary/aromatic N) is 3. The average Bonchev–Trinajstić information content (AvgIpc) is 3.44. The molecule has 7 nitrogen and oxygen atoms in total. The number of fused-ring (bicyclic) bond motifs is 1. The highest BCUT2D eigenvalue weighted by Crippen LogP contribution is 2.29. The number of hydrogen-bond donors (Lipinski definition) is 2. The molecule has 0 saturated heterocycles. The van der Waals surface area contributed by atoms with Crippen molar-refractivity contribution >= 4 is 28.8 Å². The van der Waals surface area contributed by atoms with Gasteiger partial charge in [-0.15, -0.1) is 0 Å². The zero-order chi connectivity index (χ0) is 21.9. The van der Waals surface area contributed by atoms with E-state index in [1.165, 1.54) is 12.1 Å². The molecule has 0 bridgehead atoms. The number of hydrazone groups is 1. The topological polar surface area (TPSA) is 92.7 Å². The Labute approximate surface area is 183 Å². The summed E-state index contributed by atoms with van der Waals surface area (Å²) in [5.74, 6) is -0.357. The molecule has 156 valence electrons. The number of furan rings is 1. The van der Waals surface area contributed by atoms with Crippen LogP contribution in [0, 0.1) is 0 Å². The third-order valence-corrected chi connectivity index (χ3v) is 4.93.